The molecule has 2 rings (SSSR count). The molecule has 2 aromatic rings. The van der Waals surface area contributed by atoms with E-state index in [2.05, 4.69) is 10.3 Å². The van der Waals surface area contributed by atoms with E-state index in [1.807, 2.05) is 25.1 Å². The van der Waals surface area contributed by atoms with E-state index in [0.717, 1.165) is 17.1 Å². The van der Waals surface area contributed by atoms with Crippen LogP contribution >= 0.6 is 11.8 Å². The number of nitrogens with one attached hydrogen (secondary N) is 1. The number of rotatable bonds is 7. The Morgan fingerprint density at radius 1 is 1.20 bits per heavy atom. The Labute approximate surface area is 120 Å². The van der Waals surface area contributed by atoms with E-state index in [-0.39, 0.29) is 5.75 Å². The maximum absolute atomic E-state index is 12.1. The van der Waals surface area contributed by atoms with Crippen molar-refractivity contribution in [2.75, 3.05) is 0 Å². The number of hydrogen-bond donors (Lipinski definition) is 1. The van der Waals surface area contributed by atoms with E-state index in [9.17, 15) is 8.78 Å². The normalized spacial score (nSPS) is 11.2. The Bertz CT molecular complexity index is 545. The fourth-order valence-corrected chi connectivity index (χ4v) is 2.20. The summed E-state index contributed by atoms with van der Waals surface area (Å²) in [6.07, 6.45) is 0. The van der Waals surface area contributed by atoms with Gasteiger partial charge >= 0.3 is 0 Å². The van der Waals surface area contributed by atoms with Crippen LogP contribution in [0.3, 0.4) is 0 Å². The van der Waals surface area contributed by atoms with Crippen molar-refractivity contribution in [2.45, 2.75) is 31.5 Å². The zero-order valence-corrected chi connectivity index (χ0v) is 11.9. The van der Waals surface area contributed by atoms with Crippen LogP contribution in [-0.4, -0.2) is 10.7 Å². The first-order valence-electron chi connectivity index (χ1n) is 6.24. The zero-order chi connectivity index (χ0) is 14.4. The van der Waals surface area contributed by atoms with Crippen LogP contribution in [-0.2, 0) is 18.8 Å². The molecule has 0 bridgehead atoms. The molecule has 3 nitrogen and oxygen atoms in total. The highest BCUT2D eigenvalue weighted by molar-refractivity contribution is 7.98. The van der Waals surface area contributed by atoms with Gasteiger partial charge in [-0.1, -0.05) is 17.8 Å². The van der Waals surface area contributed by atoms with Crippen LogP contribution in [0.15, 0.2) is 34.7 Å². The third-order valence-electron chi connectivity index (χ3n) is 2.62. The van der Waals surface area contributed by atoms with Gasteiger partial charge in [0.2, 0.25) is 0 Å². The minimum absolute atomic E-state index is 0.192. The lowest BCUT2D eigenvalue weighted by atomic mass is 10.3. The second kappa shape index (κ2) is 7.40. The quantitative estimate of drug-likeness (QED) is 0.845. The lowest BCUT2D eigenvalue weighted by molar-refractivity contribution is 0.251. The monoisotopic (exact) mass is 298 g/mol. The van der Waals surface area contributed by atoms with Gasteiger partial charge in [0.15, 0.2) is 0 Å². The van der Waals surface area contributed by atoms with Crippen LogP contribution in [0.2, 0.25) is 0 Å². The molecule has 0 atom stereocenters. The highest BCUT2D eigenvalue weighted by Gasteiger charge is 2.07. The minimum Gasteiger partial charge on any atom is -0.464 e. The first-order valence-corrected chi connectivity index (χ1v) is 7.29. The van der Waals surface area contributed by atoms with Crippen molar-refractivity contribution in [2.24, 2.45) is 0 Å². The largest absolute Gasteiger partial charge is 0.464 e. The fourth-order valence-electron chi connectivity index (χ4n) is 1.75. The van der Waals surface area contributed by atoms with E-state index in [1.165, 1.54) is 0 Å². The van der Waals surface area contributed by atoms with Crippen molar-refractivity contribution >= 4 is 11.8 Å². The molecule has 0 aliphatic carbocycles. The van der Waals surface area contributed by atoms with Crippen molar-refractivity contribution in [3.63, 3.8) is 0 Å². The molecule has 0 fully saturated rings. The molecule has 0 radical (unpaired) electrons. The van der Waals surface area contributed by atoms with Gasteiger partial charge in [-0.05, 0) is 31.2 Å². The van der Waals surface area contributed by atoms with Crippen LogP contribution in [0.4, 0.5) is 8.78 Å². The van der Waals surface area contributed by atoms with Gasteiger partial charge in [0, 0.05) is 12.2 Å². The molecule has 0 saturated heterocycles. The van der Waals surface area contributed by atoms with E-state index in [0.29, 0.717) is 30.6 Å². The average molecular weight is 298 g/mol. The third kappa shape index (κ3) is 4.94. The smallest absolute Gasteiger partial charge is 0.284 e. The number of pyridine rings is 1. The molecule has 0 aliphatic rings. The second-order valence-corrected chi connectivity index (χ2v) is 5.29. The van der Waals surface area contributed by atoms with Crippen molar-refractivity contribution < 1.29 is 13.2 Å². The first-order chi connectivity index (χ1) is 9.63. The maximum atomic E-state index is 12.1. The average Bonchev–Trinajstić information content (AvgIpc) is 2.84. The summed E-state index contributed by atoms with van der Waals surface area (Å²) in [5, 5.41) is 3.21. The summed E-state index contributed by atoms with van der Waals surface area (Å²) in [7, 11) is 0. The Balaban J connectivity index is 1.77. The topological polar surface area (TPSA) is 38.1 Å². The Hall–Kier alpha value is -1.40. The van der Waals surface area contributed by atoms with Gasteiger partial charge in [0.1, 0.15) is 11.5 Å². The van der Waals surface area contributed by atoms with Gasteiger partial charge in [-0.2, -0.15) is 8.78 Å². The number of aromatic nitrogens is 1. The van der Waals surface area contributed by atoms with Gasteiger partial charge in [-0.3, -0.25) is 4.98 Å². The summed E-state index contributed by atoms with van der Waals surface area (Å²) >= 11 is 0.563. The molecule has 0 saturated carbocycles. The minimum atomic E-state index is -2.37. The molecule has 0 spiro atoms. The van der Waals surface area contributed by atoms with Crippen LogP contribution in [0.1, 0.15) is 22.9 Å². The van der Waals surface area contributed by atoms with Gasteiger partial charge in [0.25, 0.3) is 5.76 Å². The maximum Gasteiger partial charge on any atom is 0.284 e. The highest BCUT2D eigenvalue weighted by atomic mass is 32.2. The van der Waals surface area contributed by atoms with Gasteiger partial charge in [-0.15, -0.1) is 0 Å². The molecule has 0 aromatic carbocycles. The summed E-state index contributed by atoms with van der Waals surface area (Å²) in [5.74, 6) is -0.866. The summed E-state index contributed by atoms with van der Waals surface area (Å²) < 4.78 is 29.6. The van der Waals surface area contributed by atoms with Crippen molar-refractivity contribution in [1.29, 1.82) is 0 Å². The predicted molar refractivity (Wildman–Crippen MR) is 75.5 cm³/mol. The van der Waals surface area contributed by atoms with Crippen molar-refractivity contribution in [1.82, 2.24) is 10.3 Å². The second-order valence-electron chi connectivity index (χ2n) is 4.31. The molecule has 20 heavy (non-hydrogen) atoms. The first kappa shape index (κ1) is 15.0. The summed E-state index contributed by atoms with van der Waals surface area (Å²) in [4.78, 5) is 4.38. The molecule has 6 heteroatoms. The Morgan fingerprint density at radius 2 is 2.00 bits per heavy atom. The lowest BCUT2D eigenvalue weighted by Crippen LogP contribution is -2.13. The summed E-state index contributed by atoms with van der Waals surface area (Å²) in [5.41, 5.74) is 1.94. The van der Waals surface area contributed by atoms with Gasteiger partial charge in [0.05, 0.1) is 18.0 Å². The van der Waals surface area contributed by atoms with Crippen LogP contribution in [0.5, 0.6) is 0 Å². The van der Waals surface area contributed by atoms with E-state index >= 15 is 0 Å². The van der Waals surface area contributed by atoms with E-state index in [1.54, 1.807) is 12.1 Å². The number of aryl methyl sites for hydroxylation is 1. The highest BCUT2D eigenvalue weighted by Crippen LogP contribution is 2.21. The molecule has 2 heterocycles. The molecular weight excluding hydrogens is 282 g/mol. The summed E-state index contributed by atoms with van der Waals surface area (Å²) in [6.45, 7) is 3.14. The van der Waals surface area contributed by atoms with Crippen molar-refractivity contribution in [3.05, 3.63) is 53.2 Å². The number of thioether (sulfide) groups is 1. The Morgan fingerprint density at radius 3 is 2.75 bits per heavy atom. The zero-order valence-electron chi connectivity index (χ0n) is 11.1. The third-order valence-corrected chi connectivity index (χ3v) is 3.32. The molecular formula is C14H16F2N2OS. The van der Waals surface area contributed by atoms with Crippen molar-refractivity contribution in [3.8, 4) is 0 Å². The SMILES string of the molecule is Cc1cccc(CNCc2ccc(CSC(F)F)o2)n1. The molecule has 0 amide bonds. The number of hydrogen-bond acceptors (Lipinski definition) is 4. The number of furan rings is 1. The molecule has 2 aromatic heterocycles. The van der Waals surface area contributed by atoms with E-state index < -0.39 is 5.76 Å². The van der Waals surface area contributed by atoms with Crippen LogP contribution in [0.25, 0.3) is 0 Å². The van der Waals surface area contributed by atoms with Crippen LogP contribution in [0, 0.1) is 6.92 Å². The summed E-state index contributed by atoms with van der Waals surface area (Å²) in [6, 6.07) is 9.40. The lowest BCUT2D eigenvalue weighted by Gasteiger charge is -2.03. The molecule has 0 unspecified atom stereocenters. The van der Waals surface area contributed by atoms with E-state index in [4.69, 9.17) is 4.42 Å². The van der Waals surface area contributed by atoms with Gasteiger partial charge in [-0.25, -0.2) is 0 Å². The predicted octanol–water partition coefficient (Wildman–Crippen LogP) is 3.73. The molecule has 108 valence electrons. The number of alkyl halides is 2. The molecule has 0 aliphatic heterocycles. The Kier molecular flexibility index (Phi) is 5.55. The van der Waals surface area contributed by atoms with Gasteiger partial charge < -0.3 is 9.73 Å². The standard InChI is InChI=1S/C14H16F2N2OS/c1-10-3-2-4-11(18-10)7-17-8-12-5-6-13(19-12)9-20-14(15)16/h2-6,14,17H,7-9H2,1H3. The number of nitrogens with zero attached hydrogens (tertiary/aromatic N) is 1. The van der Waals surface area contributed by atoms with Crippen LogP contribution < -0.4 is 5.32 Å². The molecule has 1 N–H and O–H groups in total. The number of halogens is 2. The fraction of sp³-hybridized carbons (Fsp3) is 0.357.